The first-order valence-corrected chi connectivity index (χ1v) is 6.45. The summed E-state index contributed by atoms with van der Waals surface area (Å²) in [5, 5.41) is 2.55. The van der Waals surface area contributed by atoms with Crippen molar-refractivity contribution in [3.05, 3.63) is 38.8 Å². The molecule has 2 aromatic rings. The molecule has 0 saturated heterocycles. The summed E-state index contributed by atoms with van der Waals surface area (Å²) < 4.78 is 3.43. The second kappa shape index (κ2) is 5.57. The maximum Gasteiger partial charge on any atom is 0.332 e. The number of carbonyl (C=O) groups excluding carboxylic acids is 1. The highest BCUT2D eigenvalue weighted by Crippen LogP contribution is 2.15. The van der Waals surface area contributed by atoms with Gasteiger partial charge in [-0.1, -0.05) is 6.08 Å². The van der Waals surface area contributed by atoms with Crippen LogP contribution in [-0.2, 0) is 25.4 Å². The normalized spacial score (nSPS) is 10.8. The zero-order chi connectivity index (χ0) is 15.7. The molecule has 21 heavy (non-hydrogen) atoms. The lowest BCUT2D eigenvalue weighted by atomic mass is 10.4. The van der Waals surface area contributed by atoms with Crippen molar-refractivity contribution in [2.45, 2.75) is 6.54 Å². The zero-order valence-corrected chi connectivity index (χ0v) is 12.3. The van der Waals surface area contributed by atoms with Crippen LogP contribution in [0.5, 0.6) is 0 Å². The van der Waals surface area contributed by atoms with Crippen LogP contribution >= 0.6 is 11.6 Å². The predicted octanol–water partition coefficient (Wildman–Crippen LogP) is -0.611. The first-order valence-electron chi connectivity index (χ1n) is 6.07. The lowest BCUT2D eigenvalue weighted by Crippen LogP contribution is -2.38. The lowest BCUT2D eigenvalue weighted by molar-refractivity contribution is -0.121. The largest absolute Gasteiger partial charge is 0.351 e. The van der Waals surface area contributed by atoms with Crippen LogP contribution in [0, 0.1) is 0 Å². The topological polar surface area (TPSA) is 90.9 Å². The molecule has 0 unspecified atom stereocenters. The third kappa shape index (κ3) is 2.49. The fourth-order valence-electron chi connectivity index (χ4n) is 1.95. The molecule has 0 aliphatic carbocycles. The third-order valence-corrected chi connectivity index (χ3v) is 3.34. The second-order valence-electron chi connectivity index (χ2n) is 4.44. The van der Waals surface area contributed by atoms with E-state index in [9.17, 15) is 14.4 Å². The predicted molar refractivity (Wildman–Crippen MR) is 78.4 cm³/mol. The smallest absolute Gasteiger partial charge is 0.332 e. The van der Waals surface area contributed by atoms with Gasteiger partial charge in [0.25, 0.3) is 5.56 Å². The van der Waals surface area contributed by atoms with Gasteiger partial charge in [-0.15, -0.1) is 6.58 Å². The average Bonchev–Trinajstić information content (AvgIpc) is 2.78. The average molecular weight is 312 g/mol. The van der Waals surface area contributed by atoms with Crippen molar-refractivity contribution in [3.63, 3.8) is 0 Å². The number of nitrogens with zero attached hydrogens (tertiary/aromatic N) is 4. The van der Waals surface area contributed by atoms with Crippen LogP contribution < -0.4 is 16.6 Å². The number of aromatic nitrogens is 4. The number of imidazole rings is 1. The molecule has 0 bridgehead atoms. The summed E-state index contributed by atoms with van der Waals surface area (Å²) in [4.78, 5) is 39.8. The molecule has 0 radical (unpaired) electrons. The standard InChI is InChI=1S/C12H14ClN5O3/c1-4-5-14-7(19)6-18-8-9(15-11(18)13)16(2)12(21)17(3)10(8)20/h4H,1,5-6H2,2-3H3,(H,14,19). The number of fused-ring (bicyclic) bond motifs is 1. The van der Waals surface area contributed by atoms with E-state index in [4.69, 9.17) is 11.6 Å². The summed E-state index contributed by atoms with van der Waals surface area (Å²) in [5.41, 5.74) is -0.808. The van der Waals surface area contributed by atoms with E-state index in [-0.39, 0.29) is 28.9 Å². The molecule has 9 heteroatoms. The van der Waals surface area contributed by atoms with Gasteiger partial charge in [0.2, 0.25) is 11.2 Å². The molecule has 0 aliphatic heterocycles. The summed E-state index contributed by atoms with van der Waals surface area (Å²) in [6.07, 6.45) is 1.54. The lowest BCUT2D eigenvalue weighted by Gasteiger charge is -2.07. The molecule has 2 rings (SSSR count). The Bertz CT molecular complexity index is 845. The molecule has 1 amide bonds. The van der Waals surface area contributed by atoms with Crippen LogP contribution in [-0.4, -0.2) is 31.1 Å². The van der Waals surface area contributed by atoms with Gasteiger partial charge in [-0.2, -0.15) is 4.98 Å². The second-order valence-corrected chi connectivity index (χ2v) is 4.78. The van der Waals surface area contributed by atoms with Crippen molar-refractivity contribution in [3.8, 4) is 0 Å². The number of hydrogen-bond acceptors (Lipinski definition) is 4. The van der Waals surface area contributed by atoms with E-state index in [0.717, 1.165) is 4.57 Å². The first-order chi connectivity index (χ1) is 9.88. The van der Waals surface area contributed by atoms with Crippen molar-refractivity contribution in [2.24, 2.45) is 14.1 Å². The molecule has 0 fully saturated rings. The molecule has 2 aromatic heterocycles. The summed E-state index contributed by atoms with van der Waals surface area (Å²) in [6.45, 7) is 3.63. The molecular formula is C12H14ClN5O3. The molecule has 2 heterocycles. The number of rotatable bonds is 4. The first kappa shape index (κ1) is 15.0. The van der Waals surface area contributed by atoms with E-state index in [1.165, 1.54) is 29.3 Å². The van der Waals surface area contributed by atoms with Crippen molar-refractivity contribution in [1.82, 2.24) is 24.0 Å². The number of halogens is 1. The highest BCUT2D eigenvalue weighted by Gasteiger charge is 2.19. The summed E-state index contributed by atoms with van der Waals surface area (Å²) in [5.74, 6) is -0.341. The fraction of sp³-hybridized carbons (Fsp3) is 0.333. The maximum atomic E-state index is 12.2. The van der Waals surface area contributed by atoms with Gasteiger partial charge in [-0.05, 0) is 11.6 Å². The van der Waals surface area contributed by atoms with E-state index in [1.807, 2.05) is 0 Å². The SMILES string of the molecule is C=CCNC(=O)Cn1c(Cl)nc2c1c(=O)n(C)c(=O)n2C. The molecule has 1 N–H and O–H groups in total. The van der Waals surface area contributed by atoms with Crippen LogP contribution in [0.25, 0.3) is 11.2 Å². The van der Waals surface area contributed by atoms with Crippen LogP contribution in [0.1, 0.15) is 0 Å². The highest BCUT2D eigenvalue weighted by molar-refractivity contribution is 6.29. The Balaban J connectivity index is 2.63. The Hall–Kier alpha value is -2.35. The minimum absolute atomic E-state index is 0.0305. The number of carbonyl (C=O) groups is 1. The summed E-state index contributed by atoms with van der Waals surface area (Å²) in [7, 11) is 2.84. The van der Waals surface area contributed by atoms with Crippen LogP contribution in [0.3, 0.4) is 0 Å². The maximum absolute atomic E-state index is 12.2. The quantitative estimate of drug-likeness (QED) is 0.602. The fourth-order valence-corrected chi connectivity index (χ4v) is 2.17. The van der Waals surface area contributed by atoms with Crippen molar-refractivity contribution in [1.29, 1.82) is 0 Å². The molecule has 0 atom stereocenters. The van der Waals surface area contributed by atoms with E-state index >= 15 is 0 Å². The van der Waals surface area contributed by atoms with Gasteiger partial charge in [-0.25, -0.2) is 4.79 Å². The van der Waals surface area contributed by atoms with Crippen molar-refractivity contribution < 1.29 is 4.79 Å². The minimum Gasteiger partial charge on any atom is -0.351 e. The van der Waals surface area contributed by atoms with Crippen LogP contribution in [0.15, 0.2) is 22.2 Å². The number of nitrogens with one attached hydrogen (secondary N) is 1. The van der Waals surface area contributed by atoms with Crippen LogP contribution in [0.4, 0.5) is 0 Å². The van der Waals surface area contributed by atoms with Gasteiger partial charge in [0.15, 0.2) is 11.2 Å². The van der Waals surface area contributed by atoms with Gasteiger partial charge < -0.3 is 5.32 Å². The third-order valence-electron chi connectivity index (χ3n) is 3.05. The van der Waals surface area contributed by atoms with E-state index in [1.54, 1.807) is 0 Å². The Labute approximate surface area is 124 Å². The molecular weight excluding hydrogens is 298 g/mol. The van der Waals surface area contributed by atoms with Crippen molar-refractivity contribution in [2.75, 3.05) is 6.54 Å². The van der Waals surface area contributed by atoms with Gasteiger partial charge >= 0.3 is 5.69 Å². The number of amides is 1. The van der Waals surface area contributed by atoms with E-state index < -0.39 is 11.2 Å². The Kier molecular flexibility index (Phi) is 3.99. The van der Waals surface area contributed by atoms with Gasteiger partial charge in [0.1, 0.15) is 6.54 Å². The molecule has 0 spiro atoms. The van der Waals surface area contributed by atoms with E-state index in [0.29, 0.717) is 6.54 Å². The van der Waals surface area contributed by atoms with Gasteiger partial charge in [0, 0.05) is 20.6 Å². The molecule has 112 valence electrons. The van der Waals surface area contributed by atoms with Gasteiger partial charge in [-0.3, -0.25) is 23.3 Å². The Morgan fingerprint density at radius 1 is 1.38 bits per heavy atom. The molecule has 0 saturated carbocycles. The van der Waals surface area contributed by atoms with Crippen molar-refractivity contribution >= 4 is 28.7 Å². The minimum atomic E-state index is -0.552. The molecule has 8 nitrogen and oxygen atoms in total. The van der Waals surface area contributed by atoms with Gasteiger partial charge in [0.05, 0.1) is 0 Å². The molecule has 0 aromatic carbocycles. The van der Waals surface area contributed by atoms with Crippen LogP contribution in [0.2, 0.25) is 5.28 Å². The highest BCUT2D eigenvalue weighted by atomic mass is 35.5. The Morgan fingerprint density at radius 2 is 2.05 bits per heavy atom. The van der Waals surface area contributed by atoms with E-state index in [2.05, 4.69) is 16.9 Å². The molecule has 0 aliphatic rings. The zero-order valence-electron chi connectivity index (χ0n) is 11.6. The summed E-state index contributed by atoms with van der Waals surface area (Å²) in [6, 6.07) is 0. The number of hydrogen-bond donors (Lipinski definition) is 1. The summed E-state index contributed by atoms with van der Waals surface area (Å²) >= 11 is 5.98. The Morgan fingerprint density at radius 3 is 2.67 bits per heavy atom. The number of aryl methyl sites for hydroxylation is 1. The monoisotopic (exact) mass is 311 g/mol.